The topological polar surface area (TPSA) is 51.2 Å². The molecular weight excluding hydrogens is 319 g/mol. The van der Waals surface area contributed by atoms with Crippen molar-refractivity contribution in [2.45, 2.75) is 20.3 Å². The number of ether oxygens (including phenoxy) is 1. The number of para-hydroxylation sites is 1. The van der Waals surface area contributed by atoms with Crippen molar-refractivity contribution >= 4 is 22.5 Å². The fraction of sp³-hybridized carbons (Fsp3) is 0.200. The van der Waals surface area contributed by atoms with Crippen LogP contribution in [0.4, 0.5) is 10.1 Å². The molecule has 0 spiro atoms. The summed E-state index contributed by atoms with van der Waals surface area (Å²) in [4.78, 5) is 17.6. The predicted molar refractivity (Wildman–Crippen MR) is 96.8 cm³/mol. The Morgan fingerprint density at radius 3 is 2.72 bits per heavy atom. The van der Waals surface area contributed by atoms with E-state index in [1.54, 1.807) is 0 Å². The number of methoxy groups -OCH3 is 1. The molecule has 0 saturated carbocycles. The molecule has 0 fully saturated rings. The van der Waals surface area contributed by atoms with E-state index in [0.29, 0.717) is 11.3 Å². The van der Waals surface area contributed by atoms with Gasteiger partial charge < -0.3 is 10.1 Å². The second-order valence-corrected chi connectivity index (χ2v) is 5.73. The van der Waals surface area contributed by atoms with Crippen LogP contribution in [0.1, 0.15) is 28.5 Å². The highest BCUT2D eigenvalue weighted by molar-refractivity contribution is 6.14. The van der Waals surface area contributed by atoms with Crippen LogP contribution in [0.3, 0.4) is 0 Å². The maximum atomic E-state index is 13.4. The smallest absolute Gasteiger partial charge is 0.256 e. The number of nitrogens with one attached hydrogen (secondary N) is 1. The molecule has 0 aliphatic rings. The van der Waals surface area contributed by atoms with E-state index in [1.165, 1.54) is 25.3 Å². The molecule has 5 heteroatoms. The lowest BCUT2D eigenvalue weighted by Gasteiger charge is -2.15. The number of anilines is 1. The molecule has 4 nitrogen and oxygen atoms in total. The SMILES string of the molecule is CCc1nc2ccccc2c(C(=O)Nc2ccc(F)cc2OC)c1C. The number of fused-ring (bicyclic) bond motifs is 1. The van der Waals surface area contributed by atoms with Crippen molar-refractivity contribution in [3.63, 3.8) is 0 Å². The zero-order valence-corrected chi connectivity index (χ0v) is 14.4. The summed E-state index contributed by atoms with van der Waals surface area (Å²) in [6, 6.07) is 11.6. The number of carbonyl (C=O) groups is 1. The minimum atomic E-state index is -0.423. The third-order valence-corrected chi connectivity index (χ3v) is 4.21. The molecule has 3 aromatic rings. The van der Waals surface area contributed by atoms with Gasteiger partial charge in [-0.25, -0.2) is 4.39 Å². The lowest BCUT2D eigenvalue weighted by molar-refractivity contribution is 0.102. The number of hydrogen-bond acceptors (Lipinski definition) is 3. The van der Waals surface area contributed by atoms with Crippen LogP contribution in [-0.2, 0) is 6.42 Å². The molecule has 1 heterocycles. The summed E-state index contributed by atoms with van der Waals surface area (Å²) in [6.45, 7) is 3.91. The Kier molecular flexibility index (Phi) is 4.65. The predicted octanol–water partition coefficient (Wildman–Crippen LogP) is 4.51. The number of aromatic nitrogens is 1. The van der Waals surface area contributed by atoms with E-state index in [-0.39, 0.29) is 11.7 Å². The first-order valence-electron chi connectivity index (χ1n) is 8.08. The molecular formula is C20H19FN2O2. The number of carbonyl (C=O) groups excluding carboxylic acids is 1. The highest BCUT2D eigenvalue weighted by Crippen LogP contribution is 2.28. The van der Waals surface area contributed by atoms with Gasteiger partial charge in [0.2, 0.25) is 0 Å². The Bertz CT molecular complexity index is 954. The van der Waals surface area contributed by atoms with Crippen molar-refractivity contribution in [1.29, 1.82) is 0 Å². The molecule has 1 aromatic heterocycles. The van der Waals surface area contributed by atoms with Gasteiger partial charge in [-0.15, -0.1) is 0 Å². The Morgan fingerprint density at radius 1 is 1.24 bits per heavy atom. The first-order chi connectivity index (χ1) is 12.0. The number of pyridine rings is 1. The van der Waals surface area contributed by atoms with E-state index < -0.39 is 5.82 Å². The summed E-state index contributed by atoms with van der Waals surface area (Å²) >= 11 is 0. The van der Waals surface area contributed by atoms with Crippen LogP contribution in [0.15, 0.2) is 42.5 Å². The van der Waals surface area contributed by atoms with Crippen LogP contribution >= 0.6 is 0 Å². The van der Waals surface area contributed by atoms with Gasteiger partial charge in [0.15, 0.2) is 0 Å². The second-order valence-electron chi connectivity index (χ2n) is 5.73. The Morgan fingerprint density at radius 2 is 2.00 bits per heavy atom. The summed E-state index contributed by atoms with van der Waals surface area (Å²) in [6.07, 6.45) is 0.733. The summed E-state index contributed by atoms with van der Waals surface area (Å²) < 4.78 is 18.5. The molecule has 0 atom stereocenters. The van der Waals surface area contributed by atoms with Crippen LogP contribution in [0.25, 0.3) is 10.9 Å². The standard InChI is InChI=1S/C20H19FN2O2/c1-4-15-12(2)19(14-7-5-6-8-16(14)22-15)20(24)23-17-10-9-13(21)11-18(17)25-3/h5-11H,4H2,1-3H3,(H,23,24). The molecule has 128 valence electrons. The van der Waals surface area contributed by atoms with Gasteiger partial charge in [0.1, 0.15) is 11.6 Å². The van der Waals surface area contributed by atoms with Gasteiger partial charge in [-0.05, 0) is 37.1 Å². The van der Waals surface area contributed by atoms with Gasteiger partial charge in [-0.2, -0.15) is 0 Å². The van der Waals surface area contributed by atoms with Gasteiger partial charge in [0, 0.05) is 17.1 Å². The highest BCUT2D eigenvalue weighted by atomic mass is 19.1. The average molecular weight is 338 g/mol. The van der Waals surface area contributed by atoms with Gasteiger partial charge >= 0.3 is 0 Å². The van der Waals surface area contributed by atoms with Crippen LogP contribution in [0, 0.1) is 12.7 Å². The molecule has 0 saturated heterocycles. The van der Waals surface area contributed by atoms with E-state index in [0.717, 1.165) is 28.6 Å². The number of aryl methyl sites for hydroxylation is 1. The number of amides is 1. The molecule has 25 heavy (non-hydrogen) atoms. The zero-order chi connectivity index (χ0) is 18.0. The van der Waals surface area contributed by atoms with Crippen LogP contribution in [-0.4, -0.2) is 18.0 Å². The Labute approximate surface area is 145 Å². The maximum Gasteiger partial charge on any atom is 0.256 e. The van der Waals surface area contributed by atoms with Gasteiger partial charge in [-0.3, -0.25) is 9.78 Å². The first kappa shape index (κ1) is 16.9. The van der Waals surface area contributed by atoms with Crippen molar-refractivity contribution in [2.75, 3.05) is 12.4 Å². The normalized spacial score (nSPS) is 10.7. The molecule has 0 aliphatic carbocycles. The van der Waals surface area contributed by atoms with Crippen LogP contribution in [0.5, 0.6) is 5.75 Å². The van der Waals surface area contributed by atoms with Crippen molar-refractivity contribution < 1.29 is 13.9 Å². The van der Waals surface area contributed by atoms with Crippen molar-refractivity contribution in [3.05, 3.63) is 65.1 Å². The summed E-state index contributed by atoms with van der Waals surface area (Å²) in [5, 5.41) is 3.62. The maximum absolute atomic E-state index is 13.4. The number of halogens is 1. The zero-order valence-electron chi connectivity index (χ0n) is 14.4. The minimum absolute atomic E-state index is 0.268. The molecule has 0 radical (unpaired) electrons. The molecule has 1 N–H and O–H groups in total. The highest BCUT2D eigenvalue weighted by Gasteiger charge is 2.18. The first-order valence-corrected chi connectivity index (χ1v) is 8.08. The Hall–Kier alpha value is -2.95. The lowest BCUT2D eigenvalue weighted by atomic mass is 9.99. The number of nitrogens with zero attached hydrogens (tertiary/aromatic N) is 1. The third kappa shape index (κ3) is 3.18. The largest absolute Gasteiger partial charge is 0.494 e. The molecule has 0 bridgehead atoms. The van der Waals surface area contributed by atoms with Crippen molar-refractivity contribution in [1.82, 2.24) is 4.98 Å². The quantitative estimate of drug-likeness (QED) is 0.762. The third-order valence-electron chi connectivity index (χ3n) is 4.21. The second kappa shape index (κ2) is 6.89. The summed E-state index contributed by atoms with van der Waals surface area (Å²) in [5.41, 5.74) is 3.51. The van der Waals surface area contributed by atoms with E-state index in [4.69, 9.17) is 4.74 Å². The van der Waals surface area contributed by atoms with Crippen molar-refractivity contribution in [3.8, 4) is 5.75 Å². The summed E-state index contributed by atoms with van der Waals surface area (Å²) in [7, 11) is 1.44. The number of rotatable bonds is 4. The van der Waals surface area contributed by atoms with Crippen LogP contribution in [0.2, 0.25) is 0 Å². The van der Waals surface area contributed by atoms with E-state index in [9.17, 15) is 9.18 Å². The number of hydrogen-bond donors (Lipinski definition) is 1. The average Bonchev–Trinajstić information content (AvgIpc) is 2.62. The fourth-order valence-corrected chi connectivity index (χ4v) is 2.95. The minimum Gasteiger partial charge on any atom is -0.494 e. The number of benzene rings is 2. The van der Waals surface area contributed by atoms with E-state index in [2.05, 4.69) is 10.3 Å². The van der Waals surface area contributed by atoms with Crippen LogP contribution < -0.4 is 10.1 Å². The molecule has 2 aromatic carbocycles. The molecule has 0 unspecified atom stereocenters. The molecule has 3 rings (SSSR count). The molecule has 1 amide bonds. The van der Waals surface area contributed by atoms with E-state index in [1.807, 2.05) is 38.1 Å². The molecule has 0 aliphatic heterocycles. The monoisotopic (exact) mass is 338 g/mol. The van der Waals surface area contributed by atoms with Gasteiger partial charge in [0.25, 0.3) is 5.91 Å². The lowest BCUT2D eigenvalue weighted by Crippen LogP contribution is -2.16. The summed E-state index contributed by atoms with van der Waals surface area (Å²) in [5.74, 6) is -0.413. The van der Waals surface area contributed by atoms with Crippen molar-refractivity contribution in [2.24, 2.45) is 0 Å². The van der Waals surface area contributed by atoms with Gasteiger partial charge in [-0.1, -0.05) is 25.1 Å². The fourth-order valence-electron chi connectivity index (χ4n) is 2.95. The Balaban J connectivity index is 2.10. The van der Waals surface area contributed by atoms with E-state index >= 15 is 0 Å². The van der Waals surface area contributed by atoms with Gasteiger partial charge in [0.05, 0.1) is 23.9 Å².